The number of nitrogens with zero attached hydrogens (tertiary/aromatic N) is 3. The van der Waals surface area contributed by atoms with Gasteiger partial charge in [-0.25, -0.2) is 9.78 Å². The van der Waals surface area contributed by atoms with E-state index in [1.807, 2.05) is 59.3 Å². The molecule has 0 bridgehead atoms. The van der Waals surface area contributed by atoms with E-state index in [-0.39, 0.29) is 5.56 Å². The summed E-state index contributed by atoms with van der Waals surface area (Å²) in [7, 11) is 0. The van der Waals surface area contributed by atoms with Gasteiger partial charge in [0, 0.05) is 43.0 Å². The summed E-state index contributed by atoms with van der Waals surface area (Å²) >= 11 is 3.63. The van der Waals surface area contributed by atoms with Crippen molar-refractivity contribution in [1.82, 2.24) is 15.0 Å². The van der Waals surface area contributed by atoms with Crippen LogP contribution in [0.5, 0.6) is 0 Å². The van der Waals surface area contributed by atoms with Crippen LogP contribution in [0.2, 0.25) is 0 Å². The Morgan fingerprint density at radius 2 is 1.12 bits per heavy atom. The number of rotatable bonds is 15. The Labute approximate surface area is 262 Å². The van der Waals surface area contributed by atoms with Crippen molar-refractivity contribution in [3.05, 3.63) is 88.4 Å². The van der Waals surface area contributed by atoms with Gasteiger partial charge >= 0.3 is 5.97 Å². The number of aromatic nitrogens is 3. The molecular formula is C36H39N3O2S2. The summed E-state index contributed by atoms with van der Waals surface area (Å²) < 4.78 is 0. The van der Waals surface area contributed by atoms with Crippen molar-refractivity contribution >= 4 is 28.6 Å². The number of aromatic carboxylic acids is 1. The molecule has 222 valence electrons. The summed E-state index contributed by atoms with van der Waals surface area (Å²) in [6.45, 7) is 4.47. The van der Waals surface area contributed by atoms with Crippen LogP contribution < -0.4 is 0 Å². The molecule has 0 unspecified atom stereocenters. The van der Waals surface area contributed by atoms with Gasteiger partial charge in [-0.2, -0.15) is 0 Å². The lowest BCUT2D eigenvalue weighted by molar-refractivity contribution is 0.0697. The smallest absolute Gasteiger partial charge is 0.335 e. The first-order valence-electron chi connectivity index (χ1n) is 15.4. The van der Waals surface area contributed by atoms with E-state index < -0.39 is 5.97 Å². The maximum Gasteiger partial charge on any atom is 0.335 e. The van der Waals surface area contributed by atoms with Crippen molar-refractivity contribution in [2.24, 2.45) is 0 Å². The number of pyridine rings is 3. The first-order chi connectivity index (χ1) is 21.0. The highest BCUT2D eigenvalue weighted by Crippen LogP contribution is 2.32. The molecule has 5 aromatic rings. The van der Waals surface area contributed by atoms with Crippen LogP contribution in [0.4, 0.5) is 0 Å². The molecule has 0 amide bonds. The van der Waals surface area contributed by atoms with Crippen molar-refractivity contribution < 1.29 is 9.90 Å². The molecular weight excluding hydrogens is 571 g/mol. The normalized spacial score (nSPS) is 11.2. The average Bonchev–Trinajstić information content (AvgIpc) is 3.72. The fourth-order valence-electron chi connectivity index (χ4n) is 5.09. The number of carbonyl (C=O) groups is 1. The van der Waals surface area contributed by atoms with Gasteiger partial charge in [0.25, 0.3) is 0 Å². The topological polar surface area (TPSA) is 76.0 Å². The Morgan fingerprint density at radius 3 is 1.51 bits per heavy atom. The highest BCUT2D eigenvalue weighted by Gasteiger charge is 2.14. The Hall–Kier alpha value is -3.68. The zero-order valence-electron chi connectivity index (χ0n) is 25.0. The molecule has 0 radical (unpaired) electrons. The summed E-state index contributed by atoms with van der Waals surface area (Å²) in [5, 5.41) is 9.83. The summed E-state index contributed by atoms with van der Waals surface area (Å²) in [4.78, 5) is 31.3. The van der Waals surface area contributed by atoms with Crippen LogP contribution in [-0.2, 0) is 12.8 Å². The van der Waals surface area contributed by atoms with E-state index in [9.17, 15) is 9.90 Å². The molecule has 0 saturated carbocycles. The van der Waals surface area contributed by atoms with Crippen molar-refractivity contribution in [3.8, 4) is 43.7 Å². The molecule has 0 atom stereocenters. The van der Waals surface area contributed by atoms with E-state index in [1.54, 1.807) is 12.1 Å². The van der Waals surface area contributed by atoms with Crippen molar-refractivity contribution in [2.75, 3.05) is 0 Å². The molecule has 7 heteroatoms. The minimum Gasteiger partial charge on any atom is -0.478 e. The van der Waals surface area contributed by atoms with Crippen LogP contribution in [0.25, 0.3) is 43.7 Å². The summed E-state index contributed by atoms with van der Waals surface area (Å²) in [5.41, 5.74) is 4.56. The third-order valence-electron chi connectivity index (χ3n) is 7.57. The van der Waals surface area contributed by atoms with E-state index in [0.717, 1.165) is 24.0 Å². The van der Waals surface area contributed by atoms with Crippen LogP contribution in [0.3, 0.4) is 0 Å². The molecule has 0 aliphatic heterocycles. The van der Waals surface area contributed by atoms with E-state index in [4.69, 9.17) is 4.98 Å². The highest BCUT2D eigenvalue weighted by molar-refractivity contribution is 7.15. The van der Waals surface area contributed by atoms with Gasteiger partial charge in [-0.15, -0.1) is 22.7 Å². The van der Waals surface area contributed by atoms with Crippen molar-refractivity contribution in [1.29, 1.82) is 0 Å². The van der Waals surface area contributed by atoms with Gasteiger partial charge in [-0.1, -0.05) is 52.4 Å². The molecule has 5 nitrogen and oxygen atoms in total. The second-order valence-electron chi connectivity index (χ2n) is 10.9. The maximum absolute atomic E-state index is 12.0. The largest absolute Gasteiger partial charge is 0.478 e. The molecule has 0 saturated heterocycles. The molecule has 5 heterocycles. The van der Waals surface area contributed by atoms with E-state index in [0.29, 0.717) is 22.8 Å². The monoisotopic (exact) mass is 609 g/mol. The molecule has 1 N–H and O–H groups in total. The predicted octanol–water partition coefficient (Wildman–Crippen LogP) is 10.6. The Kier molecular flexibility index (Phi) is 10.9. The van der Waals surface area contributed by atoms with Crippen molar-refractivity contribution in [2.45, 2.75) is 78.1 Å². The first kappa shape index (κ1) is 30.8. The number of hydrogen-bond donors (Lipinski definition) is 1. The molecule has 0 spiro atoms. The molecule has 0 aliphatic rings. The Bertz CT molecular complexity index is 1510. The van der Waals surface area contributed by atoms with Crippen molar-refractivity contribution in [3.63, 3.8) is 0 Å². The van der Waals surface area contributed by atoms with Gasteiger partial charge in [0.1, 0.15) is 0 Å². The fraction of sp³-hybridized carbons (Fsp3) is 0.333. The molecule has 0 fully saturated rings. The summed E-state index contributed by atoms with van der Waals surface area (Å²) in [6.07, 6.45) is 16.0. The number of unbranched alkanes of at least 4 members (excludes halogenated alkanes) is 6. The quantitative estimate of drug-likeness (QED) is 0.120. The van der Waals surface area contributed by atoms with Gasteiger partial charge in [0.15, 0.2) is 0 Å². The summed E-state index contributed by atoms with van der Waals surface area (Å²) in [6, 6.07) is 19.8. The second kappa shape index (κ2) is 15.2. The molecule has 5 aromatic heterocycles. The van der Waals surface area contributed by atoms with Crippen LogP contribution in [-0.4, -0.2) is 26.0 Å². The van der Waals surface area contributed by atoms with Crippen LogP contribution in [0.1, 0.15) is 85.3 Å². The zero-order valence-corrected chi connectivity index (χ0v) is 26.6. The average molecular weight is 610 g/mol. The third kappa shape index (κ3) is 8.24. The van der Waals surface area contributed by atoms with Gasteiger partial charge in [-0.05, 0) is 86.3 Å². The minimum atomic E-state index is -1.01. The van der Waals surface area contributed by atoms with Crippen LogP contribution >= 0.6 is 22.7 Å². The fourth-order valence-corrected chi connectivity index (χ4v) is 7.16. The number of carboxylic acid groups (broad SMARTS) is 1. The van der Waals surface area contributed by atoms with Gasteiger partial charge in [-0.3, -0.25) is 9.97 Å². The number of thiophene rings is 2. The third-order valence-corrected chi connectivity index (χ3v) is 9.96. The zero-order chi connectivity index (χ0) is 30.0. The van der Waals surface area contributed by atoms with Crippen LogP contribution in [0, 0.1) is 0 Å². The van der Waals surface area contributed by atoms with Gasteiger partial charge in [0.2, 0.25) is 0 Å². The van der Waals surface area contributed by atoms with E-state index in [1.165, 1.54) is 70.9 Å². The first-order valence-corrected chi connectivity index (χ1v) is 17.0. The Balaban J connectivity index is 1.32. The molecule has 0 aliphatic carbocycles. The lowest BCUT2D eigenvalue weighted by Gasteiger charge is -2.08. The molecule has 0 aromatic carbocycles. The highest BCUT2D eigenvalue weighted by atomic mass is 32.1. The lowest BCUT2D eigenvalue weighted by Crippen LogP contribution is -2.01. The number of aryl methyl sites for hydroxylation is 2. The standard InChI is InChI=1S/C36H39N3O2S2/c1-3-5-7-9-11-28-15-19-34(42-28)25-13-17-30(37-23-25)32-21-27(36(40)41)22-33(39-32)31-18-14-26(24-38-31)35-20-16-29(43-35)12-10-8-6-4-2/h13-24H,3-12H2,1-2H3,(H,40,41). The van der Waals surface area contributed by atoms with E-state index >= 15 is 0 Å². The molecule has 5 rings (SSSR count). The minimum absolute atomic E-state index is 0.161. The second-order valence-corrected chi connectivity index (χ2v) is 13.3. The number of carboxylic acids is 1. The van der Waals surface area contributed by atoms with Gasteiger partial charge < -0.3 is 5.11 Å². The summed E-state index contributed by atoms with van der Waals surface area (Å²) in [5.74, 6) is -1.01. The number of hydrogen-bond acceptors (Lipinski definition) is 6. The van der Waals surface area contributed by atoms with E-state index in [2.05, 4.69) is 48.1 Å². The predicted molar refractivity (Wildman–Crippen MR) is 180 cm³/mol. The maximum atomic E-state index is 12.0. The Morgan fingerprint density at radius 1 is 0.628 bits per heavy atom. The lowest BCUT2D eigenvalue weighted by atomic mass is 10.1. The SMILES string of the molecule is CCCCCCc1ccc(-c2ccc(-c3cc(C(=O)O)cc(-c4ccc(-c5ccc(CCCCCC)s5)cn4)n3)nc2)s1. The molecule has 43 heavy (non-hydrogen) atoms. The van der Waals surface area contributed by atoms with Crippen LogP contribution in [0.15, 0.2) is 73.1 Å². The van der Waals surface area contributed by atoms with Gasteiger partial charge in [0.05, 0.1) is 28.3 Å².